The van der Waals surface area contributed by atoms with Gasteiger partial charge in [0.25, 0.3) is 0 Å². The summed E-state index contributed by atoms with van der Waals surface area (Å²) in [5.74, 6) is 1.07. The van der Waals surface area contributed by atoms with Crippen molar-refractivity contribution in [1.29, 1.82) is 0 Å². The summed E-state index contributed by atoms with van der Waals surface area (Å²) in [5, 5.41) is 1.04. The van der Waals surface area contributed by atoms with Crippen LogP contribution in [0.4, 0.5) is 0 Å². The summed E-state index contributed by atoms with van der Waals surface area (Å²) in [4.78, 5) is 4.92. The fraction of sp³-hybridized carbons (Fsp3) is 0.438. The Labute approximate surface area is 141 Å². The van der Waals surface area contributed by atoms with Crippen LogP contribution in [0.3, 0.4) is 0 Å². The Morgan fingerprint density at radius 3 is 2.61 bits per heavy atom. The molecular formula is C16H21N3O2S2. The molecule has 0 amide bonds. The first-order valence-corrected chi connectivity index (χ1v) is 10.1. The van der Waals surface area contributed by atoms with E-state index in [0.29, 0.717) is 17.9 Å². The molecule has 0 saturated carbocycles. The molecule has 1 aliphatic heterocycles. The van der Waals surface area contributed by atoms with E-state index in [0.717, 1.165) is 39.8 Å². The lowest BCUT2D eigenvalue weighted by molar-refractivity contribution is 0.580. The second-order valence-electron chi connectivity index (χ2n) is 5.93. The summed E-state index contributed by atoms with van der Waals surface area (Å²) in [6.07, 6.45) is 2.62. The van der Waals surface area contributed by atoms with Crippen LogP contribution in [0.5, 0.6) is 0 Å². The van der Waals surface area contributed by atoms with E-state index in [1.807, 2.05) is 39.1 Å². The zero-order valence-corrected chi connectivity index (χ0v) is 15.2. The molecule has 2 heterocycles. The highest BCUT2D eigenvalue weighted by Gasteiger charge is 2.20. The number of hydrogen-bond acceptors (Lipinski definition) is 4. The van der Waals surface area contributed by atoms with E-state index in [1.165, 1.54) is 0 Å². The summed E-state index contributed by atoms with van der Waals surface area (Å²) >= 11 is 1.74. The summed E-state index contributed by atoms with van der Waals surface area (Å²) in [5.41, 5.74) is 3.58. The molecule has 0 radical (unpaired) electrons. The van der Waals surface area contributed by atoms with Crippen LogP contribution in [0.15, 0.2) is 28.4 Å². The van der Waals surface area contributed by atoms with Crippen LogP contribution >= 0.6 is 11.8 Å². The van der Waals surface area contributed by atoms with Gasteiger partial charge >= 0.3 is 0 Å². The van der Waals surface area contributed by atoms with Crippen LogP contribution in [-0.2, 0) is 23.0 Å². The van der Waals surface area contributed by atoms with Gasteiger partial charge in [-0.05, 0) is 31.9 Å². The van der Waals surface area contributed by atoms with Crippen LogP contribution in [0.1, 0.15) is 22.4 Å². The van der Waals surface area contributed by atoms with E-state index < -0.39 is 10.0 Å². The maximum atomic E-state index is 12.6. The maximum absolute atomic E-state index is 12.6. The Morgan fingerprint density at radius 2 is 1.96 bits per heavy atom. The molecule has 3 rings (SSSR count). The van der Waals surface area contributed by atoms with Crippen molar-refractivity contribution in [3.8, 4) is 0 Å². The molecule has 1 aromatic heterocycles. The van der Waals surface area contributed by atoms with Gasteiger partial charge in [-0.15, -0.1) is 0 Å². The van der Waals surface area contributed by atoms with Crippen molar-refractivity contribution in [2.24, 2.45) is 0 Å². The highest BCUT2D eigenvalue weighted by Crippen LogP contribution is 2.25. The molecule has 5 nitrogen and oxygen atoms in total. The topological polar surface area (TPSA) is 64.0 Å². The number of nitrogens with one attached hydrogen (secondary N) is 1. The van der Waals surface area contributed by atoms with Crippen LogP contribution in [0.2, 0.25) is 0 Å². The first-order valence-electron chi connectivity index (χ1n) is 7.63. The average Bonchev–Trinajstić information content (AvgIpc) is 2.97. The van der Waals surface area contributed by atoms with Crippen molar-refractivity contribution in [1.82, 2.24) is 14.3 Å². The highest BCUT2D eigenvalue weighted by molar-refractivity contribution is 7.99. The standard InChI is InChI=1S/C16H21N3O2S2/c1-11-8-12(2)15(13(3)9-11)23(20,21)17-5-4-14-10-19-6-7-22-16(19)18-14/h8-10,17H,4-7H2,1-3H3. The minimum Gasteiger partial charge on any atom is -0.325 e. The lowest BCUT2D eigenvalue weighted by atomic mass is 10.1. The highest BCUT2D eigenvalue weighted by atomic mass is 32.2. The number of imidazole rings is 1. The van der Waals surface area contributed by atoms with E-state index in [4.69, 9.17) is 0 Å². The maximum Gasteiger partial charge on any atom is 0.241 e. The molecular weight excluding hydrogens is 330 g/mol. The van der Waals surface area contributed by atoms with Crippen molar-refractivity contribution >= 4 is 21.8 Å². The monoisotopic (exact) mass is 351 g/mol. The van der Waals surface area contributed by atoms with Gasteiger partial charge in [0, 0.05) is 31.5 Å². The first kappa shape index (κ1) is 16.5. The normalized spacial score (nSPS) is 14.2. The van der Waals surface area contributed by atoms with Crippen molar-refractivity contribution in [2.75, 3.05) is 12.3 Å². The molecule has 23 heavy (non-hydrogen) atoms. The number of aryl methyl sites for hydroxylation is 4. The van der Waals surface area contributed by atoms with E-state index in [1.54, 1.807) is 11.8 Å². The lowest BCUT2D eigenvalue weighted by Gasteiger charge is -2.12. The lowest BCUT2D eigenvalue weighted by Crippen LogP contribution is -2.27. The van der Waals surface area contributed by atoms with Gasteiger partial charge in [0.05, 0.1) is 10.6 Å². The van der Waals surface area contributed by atoms with Crippen LogP contribution in [0, 0.1) is 20.8 Å². The Hall–Kier alpha value is -1.31. The Kier molecular flexibility index (Phi) is 4.53. The number of thioether (sulfide) groups is 1. The molecule has 0 unspecified atom stereocenters. The largest absolute Gasteiger partial charge is 0.325 e. The molecule has 0 bridgehead atoms. The van der Waals surface area contributed by atoms with Gasteiger partial charge in [0.15, 0.2) is 5.16 Å². The molecule has 0 fully saturated rings. The summed E-state index contributed by atoms with van der Waals surface area (Å²) in [6, 6.07) is 3.80. The third kappa shape index (κ3) is 3.46. The van der Waals surface area contributed by atoms with Gasteiger partial charge < -0.3 is 4.57 Å². The van der Waals surface area contributed by atoms with Crippen molar-refractivity contribution < 1.29 is 8.42 Å². The van der Waals surface area contributed by atoms with Crippen molar-refractivity contribution in [3.05, 3.63) is 40.7 Å². The number of fused-ring (bicyclic) bond motifs is 1. The molecule has 124 valence electrons. The van der Waals surface area contributed by atoms with Crippen molar-refractivity contribution in [3.63, 3.8) is 0 Å². The van der Waals surface area contributed by atoms with Crippen LogP contribution in [-0.4, -0.2) is 30.3 Å². The number of nitrogens with zero attached hydrogens (tertiary/aromatic N) is 2. The summed E-state index contributed by atoms with van der Waals surface area (Å²) in [6.45, 7) is 6.99. The average molecular weight is 351 g/mol. The Morgan fingerprint density at radius 1 is 1.26 bits per heavy atom. The molecule has 0 aliphatic carbocycles. The Balaban J connectivity index is 1.69. The van der Waals surface area contributed by atoms with Gasteiger partial charge in [-0.25, -0.2) is 18.1 Å². The molecule has 0 atom stereocenters. The molecule has 2 aromatic rings. The van der Waals surface area contributed by atoms with Crippen LogP contribution < -0.4 is 4.72 Å². The molecule has 0 spiro atoms. The molecule has 7 heteroatoms. The molecule has 1 aliphatic rings. The predicted molar refractivity (Wildman–Crippen MR) is 92.5 cm³/mol. The van der Waals surface area contributed by atoms with E-state index in [9.17, 15) is 8.42 Å². The second kappa shape index (κ2) is 6.30. The predicted octanol–water partition coefficient (Wildman–Crippen LogP) is 2.44. The zero-order valence-electron chi connectivity index (χ0n) is 13.6. The summed E-state index contributed by atoms with van der Waals surface area (Å²) < 4.78 is 30.0. The van der Waals surface area contributed by atoms with Gasteiger partial charge in [-0.3, -0.25) is 0 Å². The fourth-order valence-electron chi connectivity index (χ4n) is 3.06. The summed E-state index contributed by atoms with van der Waals surface area (Å²) in [7, 11) is -3.49. The number of rotatable bonds is 5. The first-order chi connectivity index (χ1) is 10.9. The van der Waals surface area contributed by atoms with E-state index in [2.05, 4.69) is 14.3 Å². The number of sulfonamides is 1. The van der Waals surface area contributed by atoms with Gasteiger partial charge in [0.2, 0.25) is 10.0 Å². The molecule has 0 saturated heterocycles. The van der Waals surface area contributed by atoms with Crippen LogP contribution in [0.25, 0.3) is 0 Å². The van der Waals surface area contributed by atoms with Gasteiger partial charge in [-0.1, -0.05) is 29.5 Å². The second-order valence-corrected chi connectivity index (χ2v) is 8.70. The van der Waals surface area contributed by atoms with Gasteiger partial charge in [0.1, 0.15) is 0 Å². The zero-order chi connectivity index (χ0) is 16.6. The minimum absolute atomic E-state index is 0.357. The smallest absolute Gasteiger partial charge is 0.241 e. The number of hydrogen-bond donors (Lipinski definition) is 1. The molecule has 1 aromatic carbocycles. The third-order valence-electron chi connectivity index (χ3n) is 3.90. The number of benzene rings is 1. The fourth-order valence-corrected chi connectivity index (χ4v) is 5.50. The minimum atomic E-state index is -3.49. The quantitative estimate of drug-likeness (QED) is 0.899. The van der Waals surface area contributed by atoms with Gasteiger partial charge in [-0.2, -0.15) is 0 Å². The number of aromatic nitrogens is 2. The van der Waals surface area contributed by atoms with E-state index in [-0.39, 0.29) is 0 Å². The van der Waals surface area contributed by atoms with Crippen molar-refractivity contribution in [2.45, 2.75) is 43.8 Å². The SMILES string of the molecule is Cc1cc(C)c(S(=O)(=O)NCCc2cn3c(n2)SCC3)c(C)c1. The van der Waals surface area contributed by atoms with E-state index >= 15 is 0 Å². The Bertz CT molecular complexity index is 797. The third-order valence-corrected chi connectivity index (χ3v) is 6.64. The molecule has 1 N–H and O–H groups in total.